The van der Waals surface area contributed by atoms with Crippen molar-refractivity contribution in [2.75, 3.05) is 37.2 Å². The molecule has 1 spiro atoms. The van der Waals surface area contributed by atoms with Crippen LogP contribution in [0, 0.1) is 5.92 Å². The lowest BCUT2D eigenvalue weighted by Gasteiger charge is -2.37. The Kier molecular flexibility index (Phi) is 8.13. The summed E-state index contributed by atoms with van der Waals surface area (Å²) in [4.78, 5) is 31.3. The van der Waals surface area contributed by atoms with Crippen LogP contribution >= 0.6 is 0 Å². The van der Waals surface area contributed by atoms with E-state index in [1.807, 2.05) is 60.8 Å². The molecule has 4 atom stereocenters. The monoisotopic (exact) mass is 667 g/mol. The highest BCUT2D eigenvalue weighted by atomic mass is 28.3. The fourth-order valence-corrected chi connectivity index (χ4v) is 12.2. The van der Waals surface area contributed by atoms with Crippen LogP contribution in [-0.2, 0) is 32.9 Å². The normalized spacial score (nSPS) is 23.4. The maximum absolute atomic E-state index is 14.6. The SMILES string of the molecule is COc1ccc([Si](C)(C)[C@H]2[C@H](CCn3cc(CCO)nn3)O[C@@]3(C(=O)N(C)c4ccc(N5C(=O)COc6ccccc65)cc43)[C@@H]2C)cc1. The van der Waals surface area contributed by atoms with Crippen molar-refractivity contribution in [2.45, 2.75) is 56.7 Å². The molecule has 0 unspecified atom stereocenters. The van der Waals surface area contributed by atoms with Gasteiger partial charge < -0.3 is 24.2 Å². The first-order chi connectivity index (χ1) is 23.1. The van der Waals surface area contributed by atoms with Gasteiger partial charge in [0.05, 0.1) is 38.4 Å². The van der Waals surface area contributed by atoms with Gasteiger partial charge in [-0.25, -0.2) is 0 Å². The number of aliphatic hydroxyl groups is 1. The molecule has 0 aliphatic carbocycles. The van der Waals surface area contributed by atoms with Crippen molar-refractivity contribution in [3.8, 4) is 11.5 Å². The van der Waals surface area contributed by atoms with Crippen LogP contribution in [0.4, 0.5) is 17.1 Å². The molecule has 7 rings (SSSR count). The molecule has 11 nitrogen and oxygen atoms in total. The summed E-state index contributed by atoms with van der Waals surface area (Å²) in [5, 5.41) is 19.1. The highest BCUT2D eigenvalue weighted by molar-refractivity contribution is 6.91. The van der Waals surface area contributed by atoms with Crippen LogP contribution in [0.3, 0.4) is 0 Å². The molecule has 250 valence electrons. The van der Waals surface area contributed by atoms with Crippen molar-refractivity contribution < 1.29 is 28.9 Å². The maximum atomic E-state index is 14.6. The summed E-state index contributed by atoms with van der Waals surface area (Å²) in [6.45, 7) is 7.34. The number of hydrogen-bond donors (Lipinski definition) is 1. The topological polar surface area (TPSA) is 119 Å². The van der Waals surface area contributed by atoms with Crippen LogP contribution < -0.4 is 24.5 Å². The highest BCUT2D eigenvalue weighted by Gasteiger charge is 2.65. The lowest BCUT2D eigenvalue weighted by Crippen LogP contribution is -2.51. The Hall–Kier alpha value is -4.52. The number of nitrogens with zero attached hydrogens (tertiary/aromatic N) is 5. The number of hydrogen-bond acceptors (Lipinski definition) is 8. The molecular formula is C36H41N5O6Si. The summed E-state index contributed by atoms with van der Waals surface area (Å²) >= 11 is 0. The van der Waals surface area contributed by atoms with Gasteiger partial charge in [-0.05, 0) is 54.4 Å². The fourth-order valence-electron chi connectivity index (χ4n) is 8.14. The number of carbonyl (C=O) groups is 2. The number of ether oxygens (including phenoxy) is 3. The van der Waals surface area contributed by atoms with Crippen molar-refractivity contribution in [3.63, 3.8) is 0 Å². The molecule has 0 radical (unpaired) electrons. The van der Waals surface area contributed by atoms with Gasteiger partial charge in [0.1, 0.15) is 11.5 Å². The zero-order valence-electron chi connectivity index (χ0n) is 27.9. The Bertz CT molecular complexity index is 1860. The minimum Gasteiger partial charge on any atom is -0.497 e. The van der Waals surface area contributed by atoms with Crippen LogP contribution in [0.25, 0.3) is 0 Å². The molecule has 0 saturated carbocycles. The highest BCUT2D eigenvalue weighted by Crippen LogP contribution is 2.60. The number of para-hydroxylation sites is 2. The zero-order valence-corrected chi connectivity index (χ0v) is 28.9. The first-order valence-corrected chi connectivity index (χ1v) is 19.5. The third-order valence-electron chi connectivity index (χ3n) is 10.5. The van der Waals surface area contributed by atoms with Gasteiger partial charge in [0.2, 0.25) is 0 Å². The molecule has 1 saturated heterocycles. The van der Waals surface area contributed by atoms with E-state index in [1.165, 1.54) is 5.19 Å². The molecule has 2 amide bonds. The molecule has 0 bridgehead atoms. The summed E-state index contributed by atoms with van der Waals surface area (Å²) in [5.74, 6) is 0.956. The smallest absolute Gasteiger partial charge is 0.269 e. The quantitative estimate of drug-likeness (QED) is 0.265. The minimum atomic E-state index is -2.34. The summed E-state index contributed by atoms with van der Waals surface area (Å²) in [6.07, 6.45) is 2.65. The Morgan fingerprint density at radius 1 is 1.06 bits per heavy atom. The molecule has 48 heavy (non-hydrogen) atoms. The lowest BCUT2D eigenvalue weighted by molar-refractivity contribution is -0.145. The summed E-state index contributed by atoms with van der Waals surface area (Å²) in [6, 6.07) is 21.6. The predicted molar refractivity (Wildman–Crippen MR) is 184 cm³/mol. The number of amides is 2. The Morgan fingerprint density at radius 3 is 2.58 bits per heavy atom. The van der Waals surface area contributed by atoms with Gasteiger partial charge in [-0.1, -0.05) is 54.7 Å². The molecule has 3 aliphatic rings. The number of likely N-dealkylation sites (N-methyl/N-ethyl adjacent to an activating group) is 1. The number of fused-ring (bicyclic) bond motifs is 3. The van der Waals surface area contributed by atoms with E-state index >= 15 is 0 Å². The Labute approximate surface area is 281 Å². The summed E-state index contributed by atoms with van der Waals surface area (Å²) < 4.78 is 20.2. The largest absolute Gasteiger partial charge is 0.497 e. The molecule has 1 fully saturated rings. The first-order valence-electron chi connectivity index (χ1n) is 16.4. The van der Waals surface area contributed by atoms with Gasteiger partial charge in [0, 0.05) is 50.0 Å². The average molecular weight is 668 g/mol. The number of methoxy groups -OCH3 is 1. The van der Waals surface area contributed by atoms with Gasteiger partial charge in [-0.15, -0.1) is 5.10 Å². The molecule has 12 heteroatoms. The number of carbonyl (C=O) groups excluding carboxylic acids is 2. The Morgan fingerprint density at radius 2 is 1.83 bits per heavy atom. The third-order valence-corrected chi connectivity index (χ3v) is 14.9. The molecule has 1 N–H and O–H groups in total. The van der Waals surface area contributed by atoms with Crippen molar-refractivity contribution in [1.29, 1.82) is 0 Å². The van der Waals surface area contributed by atoms with Gasteiger partial charge in [-0.3, -0.25) is 19.2 Å². The third kappa shape index (κ3) is 5.01. The summed E-state index contributed by atoms with van der Waals surface area (Å²) in [7, 11) is 1.13. The number of rotatable bonds is 9. The summed E-state index contributed by atoms with van der Waals surface area (Å²) in [5.41, 5.74) is 2.41. The van der Waals surface area contributed by atoms with E-state index < -0.39 is 13.7 Å². The standard InChI is InChI=1S/C36H41N5O6Si/c1-23-34(48(4,5)27-13-11-26(45-3)12-14-27)32(16-18-40-21-24(17-19-42)37-38-40)47-36(23)28-20-25(10-15-29(28)39(2)35(36)44)41-30-8-6-7-9-31(30)46-22-33(41)43/h6-15,20-21,23,32,34,42H,16-19,22H2,1-5H3/t23-,32+,34-,36+/m1/s1. The van der Waals surface area contributed by atoms with Gasteiger partial charge in [0.15, 0.2) is 12.2 Å². The fraction of sp³-hybridized carbons (Fsp3) is 0.389. The van der Waals surface area contributed by atoms with Crippen LogP contribution in [-0.4, -0.2) is 73.5 Å². The van der Waals surface area contributed by atoms with E-state index in [1.54, 1.807) is 28.6 Å². The molecule has 1 aromatic heterocycles. The predicted octanol–water partition coefficient (Wildman–Crippen LogP) is 4.16. The molecule has 3 aromatic carbocycles. The number of anilines is 3. The van der Waals surface area contributed by atoms with Crippen molar-refractivity contribution in [1.82, 2.24) is 15.0 Å². The first kappa shape index (κ1) is 32.0. The minimum absolute atomic E-state index is 0.00680. The number of aliphatic hydroxyl groups excluding tert-OH is 1. The molecule has 3 aliphatic heterocycles. The van der Waals surface area contributed by atoms with Crippen LogP contribution in [0.5, 0.6) is 11.5 Å². The second-order valence-corrected chi connectivity index (χ2v) is 18.1. The maximum Gasteiger partial charge on any atom is 0.269 e. The molecule has 4 aromatic rings. The Balaban J connectivity index is 1.32. The van der Waals surface area contributed by atoms with E-state index in [-0.39, 0.29) is 42.6 Å². The van der Waals surface area contributed by atoms with E-state index in [9.17, 15) is 14.7 Å². The number of aryl methyl sites for hydroxylation is 1. The average Bonchev–Trinajstić information content (AvgIpc) is 3.73. The van der Waals surface area contributed by atoms with Crippen LogP contribution in [0.2, 0.25) is 18.6 Å². The van der Waals surface area contributed by atoms with Crippen molar-refractivity contribution in [3.05, 3.63) is 84.2 Å². The lowest BCUT2D eigenvalue weighted by atomic mass is 9.82. The molecular weight excluding hydrogens is 627 g/mol. The van der Waals surface area contributed by atoms with Crippen molar-refractivity contribution >= 4 is 42.1 Å². The van der Waals surface area contributed by atoms with E-state index in [0.29, 0.717) is 36.5 Å². The van der Waals surface area contributed by atoms with Gasteiger partial charge in [0.25, 0.3) is 11.8 Å². The zero-order chi connectivity index (χ0) is 33.8. The number of aromatic nitrogens is 3. The van der Waals surface area contributed by atoms with E-state index in [0.717, 1.165) is 22.7 Å². The second-order valence-electron chi connectivity index (χ2n) is 13.4. The van der Waals surface area contributed by atoms with Gasteiger partial charge >= 0.3 is 0 Å². The number of benzene rings is 3. The van der Waals surface area contributed by atoms with Crippen molar-refractivity contribution in [2.24, 2.45) is 5.92 Å². The van der Waals surface area contributed by atoms with Crippen LogP contribution in [0.15, 0.2) is 72.9 Å². The van der Waals surface area contributed by atoms with Crippen LogP contribution in [0.1, 0.15) is 24.6 Å². The second kappa shape index (κ2) is 12.2. The van der Waals surface area contributed by atoms with E-state index in [2.05, 4.69) is 42.5 Å². The van der Waals surface area contributed by atoms with E-state index in [4.69, 9.17) is 14.2 Å². The van der Waals surface area contributed by atoms with Gasteiger partial charge in [-0.2, -0.15) is 0 Å². The molecule has 4 heterocycles.